The number of benzene rings is 1. The molecule has 3 nitrogen and oxygen atoms in total. The van der Waals surface area contributed by atoms with E-state index in [1.165, 1.54) is 12.5 Å². The van der Waals surface area contributed by atoms with Crippen molar-refractivity contribution in [2.24, 2.45) is 5.84 Å². The highest BCUT2D eigenvalue weighted by Gasteiger charge is 2.20. The molecule has 17 heavy (non-hydrogen) atoms. The van der Waals surface area contributed by atoms with Gasteiger partial charge in [0.25, 0.3) is 0 Å². The van der Waals surface area contributed by atoms with Gasteiger partial charge in [-0.2, -0.15) is 0 Å². The van der Waals surface area contributed by atoms with Crippen molar-refractivity contribution in [3.05, 3.63) is 57.2 Å². The maximum absolute atomic E-state index is 14.0. The first-order valence-corrected chi connectivity index (χ1v) is 5.94. The number of hydrogen-bond donors (Lipinski definition) is 2. The van der Waals surface area contributed by atoms with Crippen LogP contribution in [0.25, 0.3) is 0 Å². The number of hydrogen-bond acceptors (Lipinski definition) is 3. The summed E-state index contributed by atoms with van der Waals surface area (Å²) >= 11 is 8.99. The number of nitrogens with one attached hydrogen (secondary N) is 1. The minimum absolute atomic E-state index is 0.0336. The van der Waals surface area contributed by atoms with E-state index in [0.29, 0.717) is 10.0 Å². The predicted molar refractivity (Wildman–Crippen MR) is 67.0 cm³/mol. The minimum atomic E-state index is -0.509. The topological polar surface area (TPSA) is 51.2 Å². The number of halogens is 3. The second kappa shape index (κ2) is 5.18. The fourth-order valence-corrected chi connectivity index (χ4v) is 2.05. The molecule has 1 aromatic carbocycles. The zero-order valence-corrected chi connectivity index (χ0v) is 10.9. The Balaban J connectivity index is 2.49. The fourth-order valence-electron chi connectivity index (χ4n) is 1.57. The van der Waals surface area contributed by atoms with Gasteiger partial charge < -0.3 is 4.42 Å². The summed E-state index contributed by atoms with van der Waals surface area (Å²) in [7, 11) is 0. The SMILES string of the molecule is NNC(c1ccoc1)c1ccc(Br)c(Cl)c1F. The molecule has 3 N–H and O–H groups in total. The summed E-state index contributed by atoms with van der Waals surface area (Å²) in [5, 5.41) is 0.0336. The Kier molecular flexibility index (Phi) is 3.83. The van der Waals surface area contributed by atoms with Crippen molar-refractivity contribution >= 4 is 27.5 Å². The lowest BCUT2D eigenvalue weighted by molar-refractivity contribution is 0.538. The molecule has 2 aromatic rings. The Hall–Kier alpha value is -0.880. The van der Waals surface area contributed by atoms with Gasteiger partial charge in [-0.3, -0.25) is 5.84 Å². The van der Waals surface area contributed by atoms with E-state index < -0.39 is 11.9 Å². The molecule has 2 rings (SSSR count). The molecule has 1 aromatic heterocycles. The van der Waals surface area contributed by atoms with Gasteiger partial charge >= 0.3 is 0 Å². The Morgan fingerprint density at radius 1 is 1.41 bits per heavy atom. The summed E-state index contributed by atoms with van der Waals surface area (Å²) in [5.74, 6) is 4.93. The van der Waals surface area contributed by atoms with Crippen molar-refractivity contribution in [1.29, 1.82) is 0 Å². The van der Waals surface area contributed by atoms with Crippen molar-refractivity contribution in [3.63, 3.8) is 0 Å². The second-order valence-corrected chi connectivity index (χ2v) is 4.65. The number of rotatable bonds is 3. The fraction of sp³-hybridized carbons (Fsp3) is 0.0909. The van der Waals surface area contributed by atoms with E-state index >= 15 is 0 Å². The Morgan fingerprint density at radius 3 is 2.76 bits per heavy atom. The van der Waals surface area contributed by atoms with E-state index in [4.69, 9.17) is 21.9 Å². The van der Waals surface area contributed by atoms with E-state index in [1.54, 1.807) is 18.2 Å². The molecule has 90 valence electrons. The van der Waals surface area contributed by atoms with Crippen LogP contribution in [-0.2, 0) is 0 Å². The van der Waals surface area contributed by atoms with Crippen molar-refractivity contribution in [3.8, 4) is 0 Å². The van der Waals surface area contributed by atoms with Crippen LogP contribution >= 0.6 is 27.5 Å². The monoisotopic (exact) mass is 318 g/mol. The molecule has 0 saturated carbocycles. The summed E-state index contributed by atoms with van der Waals surface area (Å²) in [6.45, 7) is 0. The molecular formula is C11H9BrClFN2O. The Labute approximate surface area is 111 Å². The van der Waals surface area contributed by atoms with Gasteiger partial charge in [0.15, 0.2) is 0 Å². The largest absolute Gasteiger partial charge is 0.472 e. The smallest absolute Gasteiger partial charge is 0.148 e. The van der Waals surface area contributed by atoms with E-state index in [0.717, 1.165) is 5.56 Å². The number of furan rings is 1. The summed E-state index contributed by atoms with van der Waals surface area (Å²) in [6, 6.07) is 4.49. The van der Waals surface area contributed by atoms with Crippen LogP contribution in [0.2, 0.25) is 5.02 Å². The van der Waals surface area contributed by atoms with Gasteiger partial charge in [-0.15, -0.1) is 0 Å². The van der Waals surface area contributed by atoms with E-state index in [2.05, 4.69) is 21.4 Å². The highest BCUT2D eigenvalue weighted by atomic mass is 79.9. The average molecular weight is 320 g/mol. The van der Waals surface area contributed by atoms with Gasteiger partial charge in [0, 0.05) is 15.6 Å². The molecule has 0 spiro atoms. The third-order valence-corrected chi connectivity index (χ3v) is 3.68. The van der Waals surface area contributed by atoms with Crippen LogP contribution < -0.4 is 11.3 Å². The van der Waals surface area contributed by atoms with Crippen molar-refractivity contribution < 1.29 is 8.81 Å². The highest BCUT2D eigenvalue weighted by molar-refractivity contribution is 9.10. The Bertz CT molecular complexity index is 518. The molecule has 0 aliphatic rings. The summed E-state index contributed by atoms with van der Waals surface area (Å²) in [4.78, 5) is 0. The van der Waals surface area contributed by atoms with Crippen molar-refractivity contribution in [2.45, 2.75) is 6.04 Å². The van der Waals surface area contributed by atoms with Gasteiger partial charge in [0.05, 0.1) is 23.6 Å². The second-order valence-electron chi connectivity index (χ2n) is 3.42. The van der Waals surface area contributed by atoms with Gasteiger partial charge in [-0.1, -0.05) is 17.7 Å². The third kappa shape index (κ3) is 2.37. The molecule has 0 radical (unpaired) electrons. The minimum Gasteiger partial charge on any atom is -0.472 e. The van der Waals surface area contributed by atoms with Crippen LogP contribution in [0.4, 0.5) is 4.39 Å². The molecule has 0 saturated heterocycles. The van der Waals surface area contributed by atoms with Crippen molar-refractivity contribution in [2.75, 3.05) is 0 Å². The summed E-state index contributed by atoms with van der Waals surface area (Å²) in [6.07, 6.45) is 3.00. The lowest BCUT2D eigenvalue weighted by atomic mass is 10.0. The van der Waals surface area contributed by atoms with Crippen molar-refractivity contribution in [1.82, 2.24) is 5.43 Å². The normalized spacial score (nSPS) is 12.7. The third-order valence-electron chi connectivity index (χ3n) is 2.42. The molecule has 0 aliphatic heterocycles. The predicted octanol–water partition coefficient (Wildman–Crippen LogP) is 3.39. The Morgan fingerprint density at radius 2 is 2.18 bits per heavy atom. The number of hydrazine groups is 1. The zero-order valence-electron chi connectivity index (χ0n) is 8.58. The molecule has 0 amide bonds. The first-order chi connectivity index (χ1) is 8.15. The standard InChI is InChI=1S/C11H9BrClFN2O/c12-8-2-1-7(10(14)9(8)13)11(16-15)6-3-4-17-5-6/h1-5,11,16H,15H2. The van der Waals surface area contributed by atoms with Crippen LogP contribution in [0.15, 0.2) is 39.6 Å². The molecule has 0 aliphatic carbocycles. The molecule has 1 heterocycles. The van der Waals surface area contributed by atoms with Gasteiger partial charge in [-0.05, 0) is 28.1 Å². The molecular weight excluding hydrogens is 310 g/mol. The van der Waals surface area contributed by atoms with Gasteiger partial charge in [0.2, 0.25) is 0 Å². The molecule has 1 atom stereocenters. The molecule has 0 bridgehead atoms. The lowest BCUT2D eigenvalue weighted by Gasteiger charge is -2.16. The highest BCUT2D eigenvalue weighted by Crippen LogP contribution is 2.32. The first-order valence-electron chi connectivity index (χ1n) is 4.76. The molecule has 1 unspecified atom stereocenters. The van der Waals surface area contributed by atoms with E-state index in [9.17, 15) is 4.39 Å². The molecule has 6 heteroatoms. The van der Waals surface area contributed by atoms with E-state index in [-0.39, 0.29) is 5.02 Å². The molecule has 0 fully saturated rings. The maximum atomic E-state index is 14.0. The van der Waals surface area contributed by atoms with Crippen LogP contribution in [-0.4, -0.2) is 0 Å². The number of nitrogens with two attached hydrogens (primary N) is 1. The quantitative estimate of drug-likeness (QED) is 0.518. The first kappa shape index (κ1) is 12.6. The van der Waals surface area contributed by atoms with Gasteiger partial charge in [0.1, 0.15) is 5.82 Å². The van der Waals surface area contributed by atoms with Crippen LogP contribution in [0.1, 0.15) is 17.2 Å². The van der Waals surface area contributed by atoms with Crippen LogP contribution in [0.3, 0.4) is 0 Å². The van der Waals surface area contributed by atoms with Crippen LogP contribution in [0, 0.1) is 5.82 Å². The maximum Gasteiger partial charge on any atom is 0.148 e. The average Bonchev–Trinajstić information content (AvgIpc) is 2.84. The summed E-state index contributed by atoms with van der Waals surface area (Å²) in [5.41, 5.74) is 3.62. The van der Waals surface area contributed by atoms with E-state index in [1.807, 2.05) is 0 Å². The zero-order chi connectivity index (χ0) is 12.4. The lowest BCUT2D eigenvalue weighted by Crippen LogP contribution is -2.29. The van der Waals surface area contributed by atoms with Crippen LogP contribution in [0.5, 0.6) is 0 Å². The van der Waals surface area contributed by atoms with Gasteiger partial charge in [-0.25, -0.2) is 9.82 Å². The summed E-state index contributed by atoms with van der Waals surface area (Å²) < 4.78 is 19.5.